The highest BCUT2D eigenvalue weighted by atomic mass is 35.5. The lowest BCUT2D eigenvalue weighted by atomic mass is 10.1. The summed E-state index contributed by atoms with van der Waals surface area (Å²) in [4.78, 5) is 6.69. The Kier molecular flexibility index (Phi) is 6.78. The first-order valence-electron chi connectivity index (χ1n) is 9.47. The molecule has 29 heavy (non-hydrogen) atoms. The summed E-state index contributed by atoms with van der Waals surface area (Å²) < 4.78 is 28.8. The van der Waals surface area contributed by atoms with E-state index in [0.29, 0.717) is 35.0 Å². The number of benzene rings is 1. The van der Waals surface area contributed by atoms with Gasteiger partial charge in [-0.2, -0.15) is 5.26 Å². The summed E-state index contributed by atoms with van der Waals surface area (Å²) in [6, 6.07) is 11.2. The van der Waals surface area contributed by atoms with Gasteiger partial charge >= 0.3 is 0 Å². The third-order valence-electron chi connectivity index (χ3n) is 5.17. The molecule has 1 aliphatic heterocycles. The Morgan fingerprint density at radius 3 is 2.79 bits per heavy atom. The Balaban J connectivity index is 1.51. The van der Waals surface area contributed by atoms with Gasteiger partial charge in [-0.25, -0.2) is 13.4 Å². The number of pyridine rings is 1. The fraction of sp³-hybridized carbons (Fsp3) is 0.429. The number of ether oxygens (including phenoxy) is 1. The third-order valence-corrected chi connectivity index (χ3v) is 6.49. The summed E-state index contributed by atoms with van der Waals surface area (Å²) in [5.74, 6) is 0.821. The maximum Gasteiger partial charge on any atom is 0.213 e. The van der Waals surface area contributed by atoms with Crippen LogP contribution in [0.3, 0.4) is 0 Å². The van der Waals surface area contributed by atoms with Crippen LogP contribution in [0.15, 0.2) is 41.4 Å². The maximum absolute atomic E-state index is 11.5. The van der Waals surface area contributed by atoms with E-state index >= 15 is 0 Å². The number of hydrogen-bond acceptors (Lipinski definition) is 6. The van der Waals surface area contributed by atoms with Crippen LogP contribution in [-0.4, -0.2) is 50.3 Å². The van der Waals surface area contributed by atoms with Crippen molar-refractivity contribution in [3.63, 3.8) is 0 Å². The molecule has 0 saturated carbocycles. The third kappa shape index (κ3) is 5.92. The molecule has 0 spiro atoms. The number of hydrogen-bond donors (Lipinski definition) is 0. The molecule has 2 heterocycles. The smallest absolute Gasteiger partial charge is 0.213 e. The van der Waals surface area contributed by atoms with Crippen LogP contribution in [0, 0.1) is 17.2 Å². The van der Waals surface area contributed by atoms with Crippen molar-refractivity contribution >= 4 is 21.4 Å². The van der Waals surface area contributed by atoms with E-state index < -0.39 is 9.84 Å². The van der Waals surface area contributed by atoms with Gasteiger partial charge in [0.15, 0.2) is 9.84 Å². The van der Waals surface area contributed by atoms with Crippen LogP contribution in [0.4, 0.5) is 0 Å². The van der Waals surface area contributed by atoms with Crippen molar-refractivity contribution in [3.8, 4) is 11.9 Å². The molecule has 0 bridgehead atoms. The molecule has 0 aliphatic carbocycles. The van der Waals surface area contributed by atoms with Crippen molar-refractivity contribution in [2.45, 2.75) is 30.7 Å². The number of likely N-dealkylation sites (tertiary alicyclic amines) is 1. The summed E-state index contributed by atoms with van der Waals surface area (Å²) in [7, 11) is -3.25. The molecule has 8 heteroatoms. The predicted molar refractivity (Wildman–Crippen MR) is 112 cm³/mol. The summed E-state index contributed by atoms with van der Waals surface area (Å²) >= 11 is 6.09. The molecule has 2 atom stereocenters. The lowest BCUT2D eigenvalue weighted by molar-refractivity contribution is 0.229. The molecule has 6 nitrogen and oxygen atoms in total. The molecule has 1 fully saturated rings. The molecule has 1 aliphatic rings. The first-order chi connectivity index (χ1) is 13.7. The number of halogens is 1. The van der Waals surface area contributed by atoms with Gasteiger partial charge in [0.05, 0.1) is 23.1 Å². The summed E-state index contributed by atoms with van der Waals surface area (Å²) in [6.45, 7) is 4.57. The summed E-state index contributed by atoms with van der Waals surface area (Å²) in [5.41, 5.74) is 1.65. The quantitative estimate of drug-likeness (QED) is 0.665. The Labute approximate surface area is 177 Å². The normalized spacial score (nSPS) is 19.8. The molecule has 154 valence electrons. The average molecular weight is 434 g/mol. The Hall–Kier alpha value is -2.14. The fourth-order valence-electron chi connectivity index (χ4n) is 3.66. The zero-order valence-electron chi connectivity index (χ0n) is 16.5. The van der Waals surface area contributed by atoms with Gasteiger partial charge in [0.25, 0.3) is 0 Å². The molecular formula is C21H24ClN3O3S. The standard InChI is InChI=1S/C21H24ClN3O3S/c1-15-7-18(14-28-21-4-3-20(12-24-21)29(2,26)27)13-25(15)6-5-16-8-17(11-23)10-19(22)9-16/h3-4,8-10,12,15,18H,5-7,13-14H2,1-2H3. The van der Waals surface area contributed by atoms with Crippen LogP contribution >= 0.6 is 11.6 Å². The van der Waals surface area contributed by atoms with Crippen molar-refractivity contribution in [1.29, 1.82) is 5.26 Å². The van der Waals surface area contributed by atoms with Gasteiger partial charge in [-0.1, -0.05) is 11.6 Å². The van der Waals surface area contributed by atoms with E-state index in [-0.39, 0.29) is 4.90 Å². The zero-order valence-corrected chi connectivity index (χ0v) is 18.1. The largest absolute Gasteiger partial charge is 0.477 e. The minimum Gasteiger partial charge on any atom is -0.477 e. The van der Waals surface area contributed by atoms with Crippen molar-refractivity contribution in [2.75, 3.05) is 26.0 Å². The van der Waals surface area contributed by atoms with Crippen LogP contribution in [0.25, 0.3) is 0 Å². The number of nitrogens with zero attached hydrogens (tertiary/aromatic N) is 3. The van der Waals surface area contributed by atoms with Crippen LogP contribution in [0.1, 0.15) is 24.5 Å². The maximum atomic E-state index is 11.5. The summed E-state index contributed by atoms with van der Waals surface area (Å²) in [5, 5.41) is 9.67. The molecular weight excluding hydrogens is 410 g/mol. The van der Waals surface area contributed by atoms with E-state index in [9.17, 15) is 8.42 Å². The monoisotopic (exact) mass is 433 g/mol. The number of rotatable bonds is 7. The van der Waals surface area contributed by atoms with Gasteiger partial charge in [0.2, 0.25) is 5.88 Å². The minimum atomic E-state index is -3.25. The first-order valence-corrected chi connectivity index (χ1v) is 11.7. The van der Waals surface area contributed by atoms with Gasteiger partial charge < -0.3 is 4.74 Å². The Morgan fingerprint density at radius 1 is 1.34 bits per heavy atom. The molecule has 0 N–H and O–H groups in total. The van der Waals surface area contributed by atoms with Gasteiger partial charge in [0.1, 0.15) is 0 Å². The van der Waals surface area contributed by atoms with Crippen LogP contribution < -0.4 is 4.74 Å². The fourth-order valence-corrected chi connectivity index (χ4v) is 4.47. The lowest BCUT2D eigenvalue weighted by Crippen LogP contribution is -2.29. The predicted octanol–water partition coefficient (Wildman–Crippen LogP) is 3.34. The van der Waals surface area contributed by atoms with E-state index in [1.807, 2.05) is 12.1 Å². The second kappa shape index (κ2) is 9.12. The number of aromatic nitrogens is 1. The SMILES string of the molecule is CC1CC(COc2ccc(S(C)(=O)=O)cn2)CN1CCc1cc(Cl)cc(C#N)c1. The Bertz CT molecular complexity index is 1000. The molecule has 1 saturated heterocycles. The van der Waals surface area contributed by atoms with Crippen molar-refractivity contribution in [2.24, 2.45) is 5.92 Å². The second-order valence-electron chi connectivity index (χ2n) is 7.57. The molecule has 1 aromatic carbocycles. The number of sulfone groups is 1. The second-order valence-corrected chi connectivity index (χ2v) is 10.0. The molecule has 1 aromatic heterocycles. The van der Waals surface area contributed by atoms with Gasteiger partial charge in [-0.05, 0) is 49.6 Å². The van der Waals surface area contributed by atoms with E-state index in [0.717, 1.165) is 37.8 Å². The molecule has 2 unspecified atom stereocenters. The first kappa shape index (κ1) is 21.6. The highest BCUT2D eigenvalue weighted by molar-refractivity contribution is 7.90. The minimum absolute atomic E-state index is 0.186. The van der Waals surface area contributed by atoms with Crippen LogP contribution in [-0.2, 0) is 16.3 Å². The highest BCUT2D eigenvalue weighted by Gasteiger charge is 2.29. The molecule has 0 amide bonds. The van der Waals surface area contributed by atoms with Gasteiger partial charge in [0, 0.05) is 48.6 Å². The molecule has 0 radical (unpaired) electrons. The molecule has 2 aromatic rings. The van der Waals surface area contributed by atoms with Crippen molar-refractivity contribution < 1.29 is 13.2 Å². The van der Waals surface area contributed by atoms with E-state index in [2.05, 4.69) is 22.9 Å². The van der Waals surface area contributed by atoms with E-state index in [1.165, 1.54) is 12.3 Å². The topological polar surface area (TPSA) is 83.3 Å². The van der Waals surface area contributed by atoms with Crippen LogP contribution in [0.2, 0.25) is 5.02 Å². The van der Waals surface area contributed by atoms with E-state index in [1.54, 1.807) is 12.1 Å². The van der Waals surface area contributed by atoms with Crippen molar-refractivity contribution in [1.82, 2.24) is 9.88 Å². The summed E-state index contributed by atoms with van der Waals surface area (Å²) in [6.07, 6.45) is 4.35. The lowest BCUT2D eigenvalue weighted by Gasteiger charge is -2.21. The van der Waals surface area contributed by atoms with Gasteiger partial charge in [-0.3, -0.25) is 4.90 Å². The van der Waals surface area contributed by atoms with Crippen LogP contribution in [0.5, 0.6) is 5.88 Å². The zero-order chi connectivity index (χ0) is 21.0. The average Bonchev–Trinajstić information content (AvgIpc) is 3.03. The van der Waals surface area contributed by atoms with E-state index in [4.69, 9.17) is 21.6 Å². The van der Waals surface area contributed by atoms with Gasteiger partial charge in [-0.15, -0.1) is 0 Å². The highest BCUT2D eigenvalue weighted by Crippen LogP contribution is 2.25. The Morgan fingerprint density at radius 2 is 2.14 bits per heavy atom. The molecule has 3 rings (SSSR count). The number of nitriles is 1. The van der Waals surface area contributed by atoms with Crippen molar-refractivity contribution in [3.05, 3.63) is 52.7 Å².